The van der Waals surface area contributed by atoms with Crippen molar-refractivity contribution in [2.75, 3.05) is 11.4 Å². The Morgan fingerprint density at radius 1 is 1.71 bits per heavy atom. The zero-order valence-electron chi connectivity index (χ0n) is 7.53. The maximum Gasteiger partial charge on any atom is 0.415 e. The van der Waals surface area contributed by atoms with Gasteiger partial charge in [-0.2, -0.15) is 4.98 Å². The van der Waals surface area contributed by atoms with E-state index in [0.29, 0.717) is 12.4 Å². The number of ether oxygens (including phenoxy) is 1. The smallest absolute Gasteiger partial charge is 0.415 e. The maximum atomic E-state index is 11.3. The van der Waals surface area contributed by atoms with Crippen LogP contribution in [0.25, 0.3) is 0 Å². The van der Waals surface area contributed by atoms with Gasteiger partial charge in [0.15, 0.2) is 0 Å². The molecule has 6 heteroatoms. The Morgan fingerprint density at radius 3 is 3.21 bits per heavy atom. The Hall–Kier alpha value is -1.36. The van der Waals surface area contributed by atoms with Gasteiger partial charge in [-0.1, -0.05) is 0 Å². The number of fused-ring (bicyclic) bond motifs is 1. The first-order valence-electron chi connectivity index (χ1n) is 4.18. The number of carbonyl (C=O) groups excluding carboxylic acids is 1. The summed E-state index contributed by atoms with van der Waals surface area (Å²) in [5, 5.41) is 0.136. The molecule has 74 valence electrons. The minimum Gasteiger partial charge on any atom is -0.444 e. The Morgan fingerprint density at radius 2 is 2.50 bits per heavy atom. The first-order valence-corrected chi connectivity index (χ1v) is 4.56. The van der Waals surface area contributed by atoms with E-state index in [4.69, 9.17) is 16.3 Å². The minimum absolute atomic E-state index is 0.136. The van der Waals surface area contributed by atoms with Gasteiger partial charge in [0.1, 0.15) is 12.4 Å². The number of anilines is 1. The average Bonchev–Trinajstić information content (AvgIpc) is 2.17. The highest BCUT2D eigenvalue weighted by Crippen LogP contribution is 2.24. The third kappa shape index (κ3) is 1.39. The first-order chi connectivity index (χ1) is 6.72. The van der Waals surface area contributed by atoms with E-state index in [1.165, 1.54) is 4.90 Å². The van der Waals surface area contributed by atoms with Crippen LogP contribution in [-0.4, -0.2) is 22.6 Å². The quantitative estimate of drug-likeness (QED) is 0.665. The number of aromatic nitrogens is 2. The van der Waals surface area contributed by atoms with Crippen molar-refractivity contribution in [1.29, 1.82) is 0 Å². The summed E-state index contributed by atoms with van der Waals surface area (Å²) in [5.74, 6) is 0.545. The molecule has 14 heavy (non-hydrogen) atoms. The molecule has 0 radical (unpaired) electrons. The van der Waals surface area contributed by atoms with Crippen molar-refractivity contribution in [3.63, 3.8) is 0 Å². The third-order valence-corrected chi connectivity index (χ3v) is 2.14. The van der Waals surface area contributed by atoms with Gasteiger partial charge in [0.2, 0.25) is 5.28 Å². The van der Waals surface area contributed by atoms with Crippen molar-refractivity contribution in [3.8, 4) is 0 Å². The van der Waals surface area contributed by atoms with E-state index < -0.39 is 6.09 Å². The van der Waals surface area contributed by atoms with E-state index in [2.05, 4.69) is 9.97 Å². The van der Waals surface area contributed by atoms with Gasteiger partial charge in [-0.25, -0.2) is 9.78 Å². The lowest BCUT2D eigenvalue weighted by molar-refractivity contribution is 0.141. The summed E-state index contributed by atoms with van der Waals surface area (Å²) in [4.78, 5) is 20.5. The second-order valence-corrected chi connectivity index (χ2v) is 3.12. The number of nitrogens with zero attached hydrogens (tertiary/aromatic N) is 3. The van der Waals surface area contributed by atoms with E-state index in [1.807, 2.05) is 6.92 Å². The van der Waals surface area contributed by atoms with Gasteiger partial charge in [-0.15, -0.1) is 0 Å². The van der Waals surface area contributed by atoms with Gasteiger partial charge in [0.05, 0.1) is 5.56 Å². The van der Waals surface area contributed by atoms with Crippen LogP contribution in [0.1, 0.15) is 12.5 Å². The molecule has 0 spiro atoms. The molecule has 0 bridgehead atoms. The van der Waals surface area contributed by atoms with Crippen molar-refractivity contribution in [1.82, 2.24) is 9.97 Å². The van der Waals surface area contributed by atoms with Crippen LogP contribution >= 0.6 is 11.6 Å². The molecule has 1 amide bonds. The van der Waals surface area contributed by atoms with E-state index in [9.17, 15) is 4.79 Å². The number of halogens is 1. The molecule has 5 nitrogen and oxygen atoms in total. The molecule has 1 aromatic rings. The Bertz CT molecular complexity index is 383. The highest BCUT2D eigenvalue weighted by molar-refractivity contribution is 6.28. The maximum absolute atomic E-state index is 11.3. The largest absolute Gasteiger partial charge is 0.444 e. The first kappa shape index (κ1) is 9.21. The summed E-state index contributed by atoms with van der Waals surface area (Å²) < 4.78 is 4.91. The van der Waals surface area contributed by atoms with Crippen LogP contribution in [0.2, 0.25) is 5.28 Å². The second-order valence-electron chi connectivity index (χ2n) is 2.79. The van der Waals surface area contributed by atoms with Gasteiger partial charge in [0.25, 0.3) is 0 Å². The summed E-state index contributed by atoms with van der Waals surface area (Å²) in [6.45, 7) is 2.55. The summed E-state index contributed by atoms with van der Waals surface area (Å²) >= 11 is 5.65. The van der Waals surface area contributed by atoms with Gasteiger partial charge in [-0.3, -0.25) is 4.90 Å². The molecule has 0 saturated heterocycles. The predicted molar refractivity (Wildman–Crippen MR) is 50.2 cm³/mol. The van der Waals surface area contributed by atoms with Gasteiger partial charge >= 0.3 is 6.09 Å². The number of hydrogen-bond acceptors (Lipinski definition) is 4. The number of cyclic esters (lactones) is 1. The van der Waals surface area contributed by atoms with Crippen LogP contribution in [0.15, 0.2) is 6.20 Å². The molecule has 1 aliphatic heterocycles. The van der Waals surface area contributed by atoms with Crippen molar-refractivity contribution >= 4 is 23.5 Å². The summed E-state index contributed by atoms with van der Waals surface area (Å²) in [6.07, 6.45) is 1.18. The van der Waals surface area contributed by atoms with Gasteiger partial charge in [-0.05, 0) is 18.5 Å². The highest BCUT2D eigenvalue weighted by atomic mass is 35.5. The monoisotopic (exact) mass is 213 g/mol. The normalized spacial score (nSPS) is 15.0. The van der Waals surface area contributed by atoms with Crippen molar-refractivity contribution < 1.29 is 9.53 Å². The minimum atomic E-state index is -0.394. The van der Waals surface area contributed by atoms with E-state index in [-0.39, 0.29) is 11.9 Å². The molecular weight excluding hydrogens is 206 g/mol. The molecule has 1 aromatic heterocycles. The molecule has 0 aromatic carbocycles. The number of carbonyl (C=O) groups is 1. The molecule has 0 atom stereocenters. The van der Waals surface area contributed by atoms with Crippen LogP contribution in [-0.2, 0) is 11.3 Å². The van der Waals surface area contributed by atoms with Crippen molar-refractivity contribution in [3.05, 3.63) is 17.0 Å². The molecule has 0 unspecified atom stereocenters. The molecular formula is C8H8ClN3O2. The second kappa shape index (κ2) is 3.42. The summed E-state index contributed by atoms with van der Waals surface area (Å²) in [7, 11) is 0. The lowest BCUT2D eigenvalue weighted by atomic mass is 10.3. The molecule has 0 fully saturated rings. The number of amides is 1. The lowest BCUT2D eigenvalue weighted by Gasteiger charge is -2.26. The van der Waals surface area contributed by atoms with Crippen molar-refractivity contribution in [2.45, 2.75) is 13.5 Å². The molecule has 0 saturated carbocycles. The molecule has 2 rings (SSSR count). The highest BCUT2D eigenvalue weighted by Gasteiger charge is 2.26. The fraction of sp³-hybridized carbons (Fsp3) is 0.375. The third-order valence-electron chi connectivity index (χ3n) is 1.96. The summed E-state index contributed by atoms with van der Waals surface area (Å²) in [5.41, 5.74) is 0.774. The van der Waals surface area contributed by atoms with Gasteiger partial charge < -0.3 is 4.74 Å². The van der Waals surface area contributed by atoms with E-state index in [0.717, 1.165) is 5.56 Å². The lowest BCUT2D eigenvalue weighted by Crippen LogP contribution is -2.36. The molecule has 1 aliphatic rings. The number of rotatable bonds is 1. The fourth-order valence-electron chi connectivity index (χ4n) is 1.30. The summed E-state index contributed by atoms with van der Waals surface area (Å²) in [6, 6.07) is 0. The molecule has 2 heterocycles. The molecule has 0 N–H and O–H groups in total. The van der Waals surface area contributed by atoms with Crippen LogP contribution in [0.5, 0.6) is 0 Å². The Labute approximate surface area is 85.7 Å². The SMILES string of the molecule is CCN1C(=O)OCc2cnc(Cl)nc21. The van der Waals surface area contributed by atoms with Crippen LogP contribution in [0.4, 0.5) is 10.6 Å². The zero-order chi connectivity index (χ0) is 10.1. The zero-order valence-corrected chi connectivity index (χ0v) is 8.28. The number of hydrogen-bond donors (Lipinski definition) is 0. The Kier molecular flexibility index (Phi) is 2.25. The average molecular weight is 214 g/mol. The predicted octanol–water partition coefficient (Wildman–Crippen LogP) is 1.61. The van der Waals surface area contributed by atoms with Crippen molar-refractivity contribution in [2.24, 2.45) is 0 Å². The Balaban J connectivity index is 2.49. The van der Waals surface area contributed by atoms with Crippen LogP contribution in [0.3, 0.4) is 0 Å². The topological polar surface area (TPSA) is 55.3 Å². The van der Waals surface area contributed by atoms with E-state index >= 15 is 0 Å². The van der Waals surface area contributed by atoms with Crippen LogP contribution in [0, 0.1) is 0 Å². The molecule has 0 aliphatic carbocycles. The van der Waals surface area contributed by atoms with Crippen LogP contribution < -0.4 is 4.90 Å². The standard InChI is InChI=1S/C8H8ClN3O2/c1-2-12-6-5(4-14-8(12)13)3-10-7(9)11-6/h3H,2,4H2,1H3. The fourth-order valence-corrected chi connectivity index (χ4v) is 1.42. The van der Waals surface area contributed by atoms with Gasteiger partial charge in [0, 0.05) is 12.7 Å². The van der Waals surface area contributed by atoms with E-state index in [1.54, 1.807) is 6.20 Å².